The number of hydrogen-bond acceptors (Lipinski definition) is 5. The molecule has 86 valence electrons. The van der Waals surface area contributed by atoms with Crippen LogP contribution in [0.5, 0.6) is 0 Å². The standard InChI is InChI=1S/C10H13N3O3/c11-9(16)8(15)7(14)6-3-5-1-2-12-10(5)13-4-6/h3-4,7-8,14-15H,1-2H2,(H2,11,16)(H,12,13). The number of nitrogens with zero attached hydrogens (tertiary/aromatic N) is 1. The summed E-state index contributed by atoms with van der Waals surface area (Å²) in [6.45, 7) is 0.806. The Morgan fingerprint density at radius 3 is 3.00 bits per heavy atom. The Labute approximate surface area is 92.1 Å². The lowest BCUT2D eigenvalue weighted by Crippen LogP contribution is -2.33. The van der Waals surface area contributed by atoms with Crippen molar-refractivity contribution in [3.8, 4) is 0 Å². The first-order chi connectivity index (χ1) is 7.59. The van der Waals surface area contributed by atoms with Gasteiger partial charge in [0.1, 0.15) is 11.9 Å². The van der Waals surface area contributed by atoms with E-state index >= 15 is 0 Å². The number of nitrogens with two attached hydrogens (primary N) is 1. The second kappa shape index (κ2) is 4.07. The van der Waals surface area contributed by atoms with Crippen LogP contribution in [0.4, 0.5) is 5.82 Å². The lowest BCUT2D eigenvalue weighted by atomic mass is 10.0. The smallest absolute Gasteiger partial charge is 0.249 e. The minimum Gasteiger partial charge on any atom is -0.385 e. The van der Waals surface area contributed by atoms with E-state index in [1.165, 1.54) is 6.20 Å². The summed E-state index contributed by atoms with van der Waals surface area (Å²) in [4.78, 5) is 14.8. The highest BCUT2D eigenvalue weighted by molar-refractivity contribution is 5.79. The van der Waals surface area contributed by atoms with Gasteiger partial charge in [-0.1, -0.05) is 0 Å². The normalized spacial score (nSPS) is 17.4. The summed E-state index contributed by atoms with van der Waals surface area (Å²) in [6.07, 6.45) is -0.686. The summed E-state index contributed by atoms with van der Waals surface area (Å²) in [5, 5.41) is 22.1. The maximum atomic E-state index is 10.7. The zero-order chi connectivity index (χ0) is 11.7. The van der Waals surface area contributed by atoms with Gasteiger partial charge in [-0.3, -0.25) is 4.79 Å². The molecule has 0 aromatic carbocycles. The van der Waals surface area contributed by atoms with E-state index in [4.69, 9.17) is 5.73 Å². The number of pyridine rings is 1. The molecule has 1 aromatic heterocycles. The highest BCUT2D eigenvalue weighted by Crippen LogP contribution is 2.24. The number of carbonyl (C=O) groups is 1. The van der Waals surface area contributed by atoms with Gasteiger partial charge in [-0.15, -0.1) is 0 Å². The largest absolute Gasteiger partial charge is 0.385 e. The number of aliphatic hydroxyl groups is 2. The molecule has 5 N–H and O–H groups in total. The molecule has 0 bridgehead atoms. The van der Waals surface area contributed by atoms with Gasteiger partial charge in [0, 0.05) is 18.3 Å². The number of amides is 1. The minimum atomic E-state index is -1.60. The molecule has 6 heteroatoms. The SMILES string of the molecule is NC(=O)C(O)C(O)c1cnc2c(c1)CCN2. The fourth-order valence-electron chi connectivity index (χ4n) is 1.69. The molecule has 2 atom stereocenters. The van der Waals surface area contributed by atoms with E-state index in [-0.39, 0.29) is 0 Å². The quantitative estimate of drug-likeness (QED) is 0.521. The highest BCUT2D eigenvalue weighted by Gasteiger charge is 2.25. The van der Waals surface area contributed by atoms with Crippen LogP contribution in [-0.2, 0) is 11.2 Å². The average Bonchev–Trinajstić information content (AvgIpc) is 2.73. The van der Waals surface area contributed by atoms with E-state index in [2.05, 4.69) is 10.3 Å². The van der Waals surface area contributed by atoms with Gasteiger partial charge < -0.3 is 21.3 Å². The van der Waals surface area contributed by atoms with Gasteiger partial charge in [0.25, 0.3) is 0 Å². The maximum Gasteiger partial charge on any atom is 0.249 e. The molecule has 0 radical (unpaired) electrons. The monoisotopic (exact) mass is 223 g/mol. The Balaban J connectivity index is 2.24. The minimum absolute atomic E-state index is 0.397. The molecular formula is C10H13N3O3. The van der Waals surface area contributed by atoms with Gasteiger partial charge in [0.15, 0.2) is 6.10 Å². The van der Waals surface area contributed by atoms with Crippen molar-refractivity contribution >= 4 is 11.7 Å². The van der Waals surface area contributed by atoms with Crippen LogP contribution in [0, 0.1) is 0 Å². The molecule has 6 nitrogen and oxygen atoms in total. The molecule has 1 aliphatic heterocycles. The number of hydrogen-bond donors (Lipinski definition) is 4. The first-order valence-corrected chi connectivity index (χ1v) is 4.97. The molecule has 1 aromatic rings. The molecule has 0 saturated carbocycles. The zero-order valence-corrected chi connectivity index (χ0v) is 8.55. The van der Waals surface area contributed by atoms with Gasteiger partial charge in [-0.2, -0.15) is 0 Å². The van der Waals surface area contributed by atoms with E-state index in [0.717, 1.165) is 24.3 Å². The van der Waals surface area contributed by atoms with Gasteiger partial charge in [-0.05, 0) is 18.1 Å². The third-order valence-corrected chi connectivity index (χ3v) is 2.61. The molecule has 0 saturated heterocycles. The molecule has 0 aliphatic carbocycles. The van der Waals surface area contributed by atoms with Crippen LogP contribution in [0.15, 0.2) is 12.3 Å². The van der Waals surface area contributed by atoms with Crippen molar-refractivity contribution in [2.24, 2.45) is 5.73 Å². The molecule has 1 aliphatic rings. The summed E-state index contributed by atoms with van der Waals surface area (Å²) < 4.78 is 0. The number of primary amides is 1. The van der Waals surface area contributed by atoms with Crippen LogP contribution in [0.2, 0.25) is 0 Å². The molecule has 16 heavy (non-hydrogen) atoms. The summed E-state index contributed by atoms with van der Waals surface area (Å²) in [5.41, 5.74) is 6.27. The predicted octanol–water partition coefficient (Wildman–Crippen LogP) is -1.07. The van der Waals surface area contributed by atoms with E-state index in [0.29, 0.717) is 5.56 Å². The van der Waals surface area contributed by atoms with Gasteiger partial charge in [0.05, 0.1) is 0 Å². The number of nitrogens with one attached hydrogen (secondary N) is 1. The summed E-state index contributed by atoms with van der Waals surface area (Å²) in [7, 11) is 0. The van der Waals surface area contributed by atoms with Crippen LogP contribution >= 0.6 is 0 Å². The fraction of sp³-hybridized carbons (Fsp3) is 0.400. The number of rotatable bonds is 3. The number of aromatic nitrogens is 1. The van der Waals surface area contributed by atoms with Crippen molar-refractivity contribution in [1.82, 2.24) is 4.98 Å². The molecule has 0 fully saturated rings. The Bertz CT molecular complexity index is 422. The molecule has 1 amide bonds. The summed E-state index contributed by atoms with van der Waals surface area (Å²) in [6, 6.07) is 1.72. The Morgan fingerprint density at radius 1 is 1.56 bits per heavy atom. The number of fused-ring (bicyclic) bond motifs is 1. The first-order valence-electron chi connectivity index (χ1n) is 4.97. The Morgan fingerprint density at radius 2 is 2.31 bits per heavy atom. The second-order valence-electron chi connectivity index (χ2n) is 3.75. The Kier molecular flexibility index (Phi) is 2.76. The third kappa shape index (κ3) is 1.84. The van der Waals surface area contributed by atoms with Crippen molar-refractivity contribution in [2.45, 2.75) is 18.6 Å². The van der Waals surface area contributed by atoms with Crippen LogP contribution in [0.3, 0.4) is 0 Å². The zero-order valence-electron chi connectivity index (χ0n) is 8.55. The molecule has 2 rings (SSSR count). The van der Waals surface area contributed by atoms with Crippen LogP contribution in [0.25, 0.3) is 0 Å². The predicted molar refractivity (Wildman–Crippen MR) is 56.6 cm³/mol. The van der Waals surface area contributed by atoms with Crippen LogP contribution < -0.4 is 11.1 Å². The van der Waals surface area contributed by atoms with Gasteiger partial charge >= 0.3 is 0 Å². The van der Waals surface area contributed by atoms with Crippen LogP contribution in [0.1, 0.15) is 17.2 Å². The average molecular weight is 223 g/mol. The lowest BCUT2D eigenvalue weighted by Gasteiger charge is -2.15. The van der Waals surface area contributed by atoms with Crippen molar-refractivity contribution in [3.05, 3.63) is 23.4 Å². The summed E-state index contributed by atoms with van der Waals surface area (Å²) in [5.74, 6) is -0.171. The molecule has 0 spiro atoms. The lowest BCUT2D eigenvalue weighted by molar-refractivity contribution is -0.131. The van der Waals surface area contributed by atoms with E-state index < -0.39 is 18.1 Å². The summed E-state index contributed by atoms with van der Waals surface area (Å²) >= 11 is 0. The fourth-order valence-corrected chi connectivity index (χ4v) is 1.69. The second-order valence-corrected chi connectivity index (χ2v) is 3.75. The maximum absolute atomic E-state index is 10.7. The van der Waals surface area contributed by atoms with Crippen molar-refractivity contribution < 1.29 is 15.0 Å². The third-order valence-electron chi connectivity index (χ3n) is 2.61. The van der Waals surface area contributed by atoms with Crippen LogP contribution in [-0.4, -0.2) is 33.8 Å². The van der Waals surface area contributed by atoms with E-state index in [1.54, 1.807) is 6.07 Å². The first kappa shape index (κ1) is 10.8. The molecule has 2 heterocycles. The Hall–Kier alpha value is -1.66. The number of anilines is 1. The number of carbonyl (C=O) groups excluding carboxylic acids is 1. The molecule has 2 unspecified atom stereocenters. The van der Waals surface area contributed by atoms with Gasteiger partial charge in [0.2, 0.25) is 5.91 Å². The van der Waals surface area contributed by atoms with Crippen molar-refractivity contribution in [1.29, 1.82) is 0 Å². The highest BCUT2D eigenvalue weighted by atomic mass is 16.3. The topological polar surface area (TPSA) is 108 Å². The molecular weight excluding hydrogens is 210 g/mol. The van der Waals surface area contributed by atoms with E-state index in [9.17, 15) is 15.0 Å². The van der Waals surface area contributed by atoms with E-state index in [1.807, 2.05) is 0 Å². The number of aliphatic hydroxyl groups excluding tert-OH is 2. The van der Waals surface area contributed by atoms with Crippen molar-refractivity contribution in [3.63, 3.8) is 0 Å². The van der Waals surface area contributed by atoms with Crippen molar-refractivity contribution in [2.75, 3.05) is 11.9 Å². The van der Waals surface area contributed by atoms with Gasteiger partial charge in [-0.25, -0.2) is 4.98 Å².